The van der Waals surface area contributed by atoms with Gasteiger partial charge < -0.3 is 10.6 Å². The molecule has 0 unspecified atom stereocenters. The van der Waals surface area contributed by atoms with Crippen LogP contribution in [-0.2, 0) is 5.41 Å². The molecule has 3 nitrogen and oxygen atoms in total. The summed E-state index contributed by atoms with van der Waals surface area (Å²) in [6.07, 6.45) is 0. The molecule has 0 saturated heterocycles. The monoisotopic (exact) mass is 251 g/mol. The molecule has 92 valence electrons. The predicted octanol–water partition coefficient (Wildman–Crippen LogP) is 2.64. The Labute approximate surface area is 107 Å². The van der Waals surface area contributed by atoms with Crippen LogP contribution < -0.4 is 10.6 Å². The molecule has 1 aliphatic heterocycles. The van der Waals surface area contributed by atoms with Gasteiger partial charge in [0.2, 0.25) is 0 Å². The van der Waals surface area contributed by atoms with E-state index in [0.717, 1.165) is 12.2 Å². The largest absolute Gasteiger partial charge is 0.386 e. The zero-order valence-corrected chi connectivity index (χ0v) is 11.3. The minimum absolute atomic E-state index is 0.158. The van der Waals surface area contributed by atoms with Gasteiger partial charge in [-0.2, -0.15) is 0 Å². The average molecular weight is 252 g/mol. The van der Waals surface area contributed by atoms with Gasteiger partial charge in [-0.25, -0.2) is 4.99 Å². The van der Waals surface area contributed by atoms with Gasteiger partial charge >= 0.3 is 0 Å². The third kappa shape index (κ3) is 2.25. The number of aliphatic imine (C=N–C) groups is 1. The van der Waals surface area contributed by atoms with Crippen molar-refractivity contribution in [1.82, 2.24) is 0 Å². The van der Waals surface area contributed by atoms with Crippen LogP contribution >= 0.6 is 11.6 Å². The lowest BCUT2D eigenvalue weighted by molar-refractivity contribution is 0.563. The number of anilines is 1. The predicted molar refractivity (Wildman–Crippen MR) is 74.7 cm³/mol. The summed E-state index contributed by atoms with van der Waals surface area (Å²) in [5, 5.41) is 0. The van der Waals surface area contributed by atoms with Gasteiger partial charge in [-0.1, -0.05) is 13.8 Å². The minimum atomic E-state index is 0.158. The minimum Gasteiger partial charge on any atom is -0.386 e. The Bertz CT molecular complexity index is 466. The highest BCUT2D eigenvalue weighted by Crippen LogP contribution is 2.41. The molecule has 0 saturated carbocycles. The summed E-state index contributed by atoms with van der Waals surface area (Å²) in [5.41, 5.74) is 9.29. The first-order chi connectivity index (χ1) is 7.94. The van der Waals surface area contributed by atoms with E-state index in [4.69, 9.17) is 17.3 Å². The van der Waals surface area contributed by atoms with Crippen molar-refractivity contribution in [3.63, 3.8) is 0 Å². The zero-order valence-electron chi connectivity index (χ0n) is 10.5. The lowest BCUT2D eigenvalue weighted by Crippen LogP contribution is -2.24. The van der Waals surface area contributed by atoms with Gasteiger partial charge in [0.15, 0.2) is 0 Å². The van der Waals surface area contributed by atoms with Gasteiger partial charge in [-0.15, -0.1) is 11.6 Å². The molecule has 1 aromatic carbocycles. The van der Waals surface area contributed by atoms with Crippen LogP contribution in [0.3, 0.4) is 0 Å². The molecule has 4 heteroatoms. The number of nitrogens with two attached hydrogens (primary N) is 1. The topological polar surface area (TPSA) is 41.6 Å². The summed E-state index contributed by atoms with van der Waals surface area (Å²) in [5.74, 6) is 0.719. The number of likely N-dealkylation sites (N-methyl/N-ethyl adjacent to an activating group) is 1. The van der Waals surface area contributed by atoms with Crippen molar-refractivity contribution in [2.45, 2.75) is 19.3 Å². The lowest BCUT2D eigenvalue weighted by atomic mass is 9.87. The van der Waals surface area contributed by atoms with Crippen molar-refractivity contribution in [3.05, 3.63) is 23.8 Å². The summed E-state index contributed by atoms with van der Waals surface area (Å²) < 4.78 is 0. The summed E-state index contributed by atoms with van der Waals surface area (Å²) in [6.45, 7) is 5.52. The molecule has 2 N–H and O–H groups in total. The Morgan fingerprint density at radius 1 is 1.53 bits per heavy atom. The Hall–Kier alpha value is -1.22. The maximum atomic E-state index is 5.65. The quantitative estimate of drug-likeness (QED) is 0.499. The van der Waals surface area contributed by atoms with Crippen LogP contribution in [0, 0.1) is 0 Å². The standard InChI is InChI=1S/C13H18ClN3/c1-13(2)8-17(3)11-5-4-9(6-10(11)13)16-12(15)7-14/h4-6H,7-8H2,1-3H3,(H2,15,16). The van der Waals surface area contributed by atoms with Crippen LogP contribution in [-0.4, -0.2) is 25.3 Å². The average Bonchev–Trinajstić information content (AvgIpc) is 2.49. The molecule has 17 heavy (non-hydrogen) atoms. The number of benzene rings is 1. The molecular weight excluding hydrogens is 234 g/mol. The second kappa shape index (κ2) is 4.22. The van der Waals surface area contributed by atoms with E-state index in [1.807, 2.05) is 6.07 Å². The van der Waals surface area contributed by atoms with Crippen LogP contribution in [0.1, 0.15) is 19.4 Å². The van der Waals surface area contributed by atoms with E-state index in [9.17, 15) is 0 Å². The van der Waals surface area contributed by atoms with Gasteiger partial charge in [-0.3, -0.25) is 0 Å². The molecule has 1 aliphatic rings. The zero-order chi connectivity index (χ0) is 12.6. The molecule has 0 bridgehead atoms. The summed E-state index contributed by atoms with van der Waals surface area (Å²) >= 11 is 5.63. The first-order valence-corrected chi connectivity index (χ1v) is 6.22. The van der Waals surface area contributed by atoms with E-state index in [2.05, 4.69) is 42.9 Å². The third-order valence-corrected chi connectivity index (χ3v) is 3.44. The van der Waals surface area contributed by atoms with Crippen molar-refractivity contribution in [3.8, 4) is 0 Å². The fourth-order valence-corrected chi connectivity index (χ4v) is 2.49. The van der Waals surface area contributed by atoms with E-state index in [1.165, 1.54) is 11.3 Å². The maximum Gasteiger partial charge on any atom is 0.115 e. The highest BCUT2D eigenvalue weighted by molar-refractivity contribution is 6.28. The van der Waals surface area contributed by atoms with Crippen molar-refractivity contribution in [1.29, 1.82) is 0 Å². The molecule has 0 spiro atoms. The third-order valence-electron chi connectivity index (χ3n) is 3.16. The molecule has 0 aromatic heterocycles. The van der Waals surface area contributed by atoms with E-state index in [0.29, 0.717) is 5.84 Å². The van der Waals surface area contributed by atoms with Crippen molar-refractivity contribution >= 4 is 28.8 Å². The highest BCUT2D eigenvalue weighted by atomic mass is 35.5. The number of halogens is 1. The first kappa shape index (κ1) is 12.2. The molecule has 0 fully saturated rings. The van der Waals surface area contributed by atoms with Crippen molar-refractivity contribution in [2.75, 3.05) is 24.4 Å². The Morgan fingerprint density at radius 3 is 2.88 bits per heavy atom. The maximum absolute atomic E-state index is 5.65. The van der Waals surface area contributed by atoms with Crippen LogP contribution in [0.2, 0.25) is 0 Å². The number of amidine groups is 1. The molecule has 1 heterocycles. The van der Waals surface area contributed by atoms with Crippen LogP contribution in [0.25, 0.3) is 0 Å². The molecule has 0 aliphatic carbocycles. The Balaban J connectivity index is 2.44. The van der Waals surface area contributed by atoms with Crippen molar-refractivity contribution in [2.24, 2.45) is 10.7 Å². The van der Waals surface area contributed by atoms with Crippen LogP contribution in [0.15, 0.2) is 23.2 Å². The van der Waals surface area contributed by atoms with E-state index in [1.54, 1.807) is 0 Å². The van der Waals surface area contributed by atoms with Crippen LogP contribution in [0.4, 0.5) is 11.4 Å². The second-order valence-electron chi connectivity index (χ2n) is 5.18. The van der Waals surface area contributed by atoms with Gasteiger partial charge in [0.1, 0.15) is 5.84 Å². The summed E-state index contributed by atoms with van der Waals surface area (Å²) in [4.78, 5) is 6.56. The summed E-state index contributed by atoms with van der Waals surface area (Å²) in [7, 11) is 2.11. The van der Waals surface area contributed by atoms with Gasteiger partial charge in [0.25, 0.3) is 0 Å². The number of hydrogen-bond donors (Lipinski definition) is 1. The number of rotatable bonds is 2. The highest BCUT2D eigenvalue weighted by Gasteiger charge is 2.33. The molecule has 2 rings (SSSR count). The molecule has 0 atom stereocenters. The summed E-state index contributed by atoms with van der Waals surface area (Å²) in [6, 6.07) is 6.19. The second-order valence-corrected chi connectivity index (χ2v) is 5.45. The van der Waals surface area contributed by atoms with E-state index >= 15 is 0 Å². The van der Waals surface area contributed by atoms with Gasteiger partial charge in [-0.05, 0) is 23.8 Å². The Morgan fingerprint density at radius 2 is 2.24 bits per heavy atom. The molecule has 0 radical (unpaired) electrons. The normalized spacial score (nSPS) is 18.4. The SMILES string of the molecule is CN1CC(C)(C)c2cc(N=C(N)CCl)ccc21. The number of alkyl halides is 1. The molecule has 0 amide bonds. The first-order valence-electron chi connectivity index (χ1n) is 5.69. The lowest BCUT2D eigenvalue weighted by Gasteiger charge is -2.18. The van der Waals surface area contributed by atoms with E-state index in [-0.39, 0.29) is 11.3 Å². The fourth-order valence-electron chi connectivity index (χ4n) is 2.43. The van der Waals surface area contributed by atoms with Crippen molar-refractivity contribution < 1.29 is 0 Å². The number of fused-ring (bicyclic) bond motifs is 1. The number of hydrogen-bond acceptors (Lipinski definition) is 2. The van der Waals surface area contributed by atoms with E-state index < -0.39 is 0 Å². The number of nitrogens with zero attached hydrogens (tertiary/aromatic N) is 2. The Kier molecular flexibility index (Phi) is 3.04. The van der Waals surface area contributed by atoms with Crippen LogP contribution in [0.5, 0.6) is 0 Å². The molecule has 1 aromatic rings. The molecular formula is C13H18ClN3. The van der Waals surface area contributed by atoms with Gasteiger partial charge in [0.05, 0.1) is 11.6 Å². The van der Waals surface area contributed by atoms with Gasteiger partial charge in [0, 0.05) is 24.7 Å². The fraction of sp³-hybridized carbons (Fsp3) is 0.462. The smallest absolute Gasteiger partial charge is 0.115 e.